The van der Waals surface area contributed by atoms with Crippen molar-refractivity contribution in [2.24, 2.45) is 0 Å². The molecule has 3 amide bonds. The number of nitrogens with zero attached hydrogens (tertiary/aromatic N) is 6. The molecule has 0 radical (unpaired) electrons. The molecule has 0 aliphatic heterocycles. The number of nitrogen functional groups attached to an aromatic ring is 1. The van der Waals surface area contributed by atoms with E-state index in [4.69, 9.17) is 59.9 Å². The zero-order chi connectivity index (χ0) is 91.1. The van der Waals surface area contributed by atoms with Gasteiger partial charge in [0, 0.05) is 30.9 Å². The molecule has 0 fully saturated rings. The van der Waals surface area contributed by atoms with Crippen LogP contribution < -0.4 is 45.8 Å². The third-order valence-corrected chi connectivity index (χ3v) is 31.3. The molecule has 0 bridgehead atoms. The number of benzene rings is 1. The van der Waals surface area contributed by atoms with Crippen LogP contribution in [0.5, 0.6) is 23.0 Å². The Kier molecular flexibility index (Phi) is 28.1. The average Bonchev–Trinajstić information content (AvgIpc) is 1.68. The lowest BCUT2D eigenvalue weighted by Gasteiger charge is -2.42. The Morgan fingerprint density at radius 2 is 0.963 bits per heavy atom. The highest BCUT2D eigenvalue weighted by Crippen LogP contribution is 2.43. The van der Waals surface area contributed by atoms with Crippen LogP contribution in [0, 0.1) is 43.9 Å². The maximum Gasteiger partial charge on any atom is 0.412 e. The van der Waals surface area contributed by atoms with Gasteiger partial charge in [-0.3, -0.25) is 36.2 Å². The first-order valence-electron chi connectivity index (χ1n) is 39.8. The van der Waals surface area contributed by atoms with Gasteiger partial charge in [0.15, 0.2) is 36.5 Å². The van der Waals surface area contributed by atoms with Gasteiger partial charge in [-0.15, -0.1) is 0 Å². The molecule has 1 aromatic carbocycles. The summed E-state index contributed by atoms with van der Waals surface area (Å²) >= 11 is 0. The number of amides is 3. The molecule has 108 heavy (non-hydrogen) atoms. The van der Waals surface area contributed by atoms with E-state index in [2.05, 4.69) is 193 Å². The second-order valence-electron chi connectivity index (χ2n) is 35.3. The fraction of sp³-hybridized carbons (Fsp3) is 0.615. The predicted molar refractivity (Wildman–Crippen MR) is 432 cm³/mol. The minimum Gasteiger partial charge on any atom is -0.868 e. The molecule has 4 aromatic heterocycles. The van der Waals surface area contributed by atoms with Crippen molar-refractivity contribution in [3.63, 3.8) is 0 Å². The van der Waals surface area contributed by atoms with Crippen LogP contribution in [-0.4, -0.2) is 122 Å². The lowest BCUT2D eigenvalue weighted by molar-refractivity contribution is -0.641. The molecule has 5 rings (SSSR count). The van der Waals surface area contributed by atoms with Crippen LogP contribution in [0.4, 0.5) is 42.8 Å². The van der Waals surface area contributed by atoms with Crippen molar-refractivity contribution in [3.05, 3.63) is 98.4 Å². The summed E-state index contributed by atoms with van der Waals surface area (Å²) in [6, 6.07) is 8.82. The summed E-state index contributed by atoms with van der Waals surface area (Å²) in [5.74, 6) is 17.1. The molecule has 602 valence electrons. The smallest absolute Gasteiger partial charge is 0.412 e. The number of anilines is 3. The molecule has 0 saturated heterocycles. The Morgan fingerprint density at radius 3 is 1.38 bits per heavy atom. The van der Waals surface area contributed by atoms with Gasteiger partial charge in [-0.25, -0.2) is 29.7 Å². The number of fused-ring (bicyclic) bond motifs is 1. The first kappa shape index (κ1) is 80.5. The predicted octanol–water partition coefficient (Wildman–Crippen LogP) is 18.3. The molecule has 30 heteroatoms. The second kappa shape index (κ2) is 37.7. The van der Waals surface area contributed by atoms with Crippen LogP contribution in [0.25, 0.3) is 5.52 Å². The van der Waals surface area contributed by atoms with Crippen molar-refractivity contribution in [2.75, 3.05) is 42.9 Å². The number of nitro benzene ring substituents is 2. The van der Waals surface area contributed by atoms with E-state index >= 15 is 0 Å². The molecule has 4 heterocycles. The minimum absolute atomic E-state index is 0.0281. The number of hydrogen-bond acceptors (Lipinski definition) is 20. The fourth-order valence-corrected chi connectivity index (χ4v) is 14.4. The topological polar surface area (TPSA) is 340 Å². The van der Waals surface area contributed by atoms with Crippen LogP contribution in [0.3, 0.4) is 0 Å². The van der Waals surface area contributed by atoms with Crippen LogP contribution in [0.1, 0.15) is 228 Å². The molecule has 5 N–H and O–H groups in total. The molecule has 0 saturated carbocycles. The third kappa shape index (κ3) is 33.1. The lowest BCUT2D eigenvalue weighted by atomic mass is 10.0. The van der Waals surface area contributed by atoms with Crippen LogP contribution in [-0.2, 0) is 33.9 Å². The normalized spacial score (nSPS) is 14.0. The number of nitrogens with two attached hydrogens (primary N) is 1. The maximum absolute atomic E-state index is 12.3. The Bertz CT molecular complexity index is 4390. The molecule has 5 aromatic rings. The van der Waals surface area contributed by atoms with Crippen molar-refractivity contribution < 1.29 is 88.0 Å². The number of nitrogens with one attached hydrogen (secondary N) is 3. The summed E-state index contributed by atoms with van der Waals surface area (Å²) in [7, 11) is -13.9. The third-order valence-electron chi connectivity index (χ3n) is 17.3. The summed E-state index contributed by atoms with van der Waals surface area (Å²) in [6.07, 6.45) is 5.80. The summed E-state index contributed by atoms with van der Waals surface area (Å²) in [5, 5.41) is 43.7. The van der Waals surface area contributed by atoms with Gasteiger partial charge in [0.05, 0.1) is 101 Å². The van der Waals surface area contributed by atoms with E-state index < -0.39 is 108 Å². The average molecular weight is 1570 g/mol. The second-order valence-corrected chi connectivity index (χ2v) is 49.5. The number of nitro groups is 2. The first-order valence-corrected chi connectivity index (χ1v) is 44.1. The summed E-state index contributed by atoms with van der Waals surface area (Å²) < 4.78 is 120. The highest BCUT2D eigenvalue weighted by atomic mass is 28.4. The van der Waals surface area contributed by atoms with Gasteiger partial charge >= 0.3 is 18.3 Å². The van der Waals surface area contributed by atoms with E-state index in [1.807, 2.05) is 6.07 Å². The number of carbonyl (C=O) groups excluding carboxylic acids is 3. The fourth-order valence-electron chi connectivity index (χ4n) is 9.04. The van der Waals surface area contributed by atoms with E-state index in [1.165, 1.54) is 30.7 Å². The number of methoxy groups -OCH3 is 3. The zero-order valence-electron chi connectivity index (χ0n) is 78.2. The maximum atomic E-state index is 12.3. The van der Waals surface area contributed by atoms with Crippen molar-refractivity contribution in [1.29, 1.82) is 0 Å². The SMILES string of the molecule is O=[N+]([O-])c1ccc([O-])c([N+](=O)[O-])c1.[2H]C([2H])([2H])Oc1c[n+](N)c(C#CCCC(C)(C)O[Si](C)(C)C(C)(C)C)cc1NC(=O)OC(C)(C)C.[2H]C([2H])([2H])Oc1cn2nc(CCC(C)(C)O[Si](C)(C)C(C)(C)C)cc2cc1NC(=O)OC(C)(C)C.[2H]C([2H])([2H])Oc1cnc(C#CCCC(C)(C)O[Si](C)(C)C(C)(C)C)cc1NC(=O)OC(C)(C)C. The Labute approximate surface area is 657 Å². The van der Waals surface area contributed by atoms with E-state index in [9.17, 15) is 39.7 Å². The number of rotatable bonds is 21. The number of aryl methyl sites for hydroxylation is 1. The van der Waals surface area contributed by atoms with Gasteiger partial charge in [-0.05, 0) is 214 Å². The van der Waals surface area contributed by atoms with Gasteiger partial charge < -0.3 is 46.8 Å². The number of pyridine rings is 3. The van der Waals surface area contributed by atoms with E-state index in [0.29, 0.717) is 42.2 Å². The number of non-ortho nitro benzene ring substituents is 1. The van der Waals surface area contributed by atoms with Crippen LogP contribution >= 0.6 is 0 Å². The Morgan fingerprint density at radius 1 is 0.556 bits per heavy atom. The number of carbonyl (C=O) groups is 3. The monoisotopic (exact) mass is 1570 g/mol. The minimum atomic E-state index is -2.74. The molecular formula is C78H126N10O17Si3. The number of ether oxygens (including phenoxy) is 6. The van der Waals surface area contributed by atoms with Crippen molar-refractivity contribution in [3.8, 4) is 46.7 Å². The highest BCUT2D eigenvalue weighted by Gasteiger charge is 2.44. The molecule has 27 nitrogen and oxygen atoms in total. The van der Waals surface area contributed by atoms with E-state index in [-0.39, 0.29) is 66.2 Å². The Hall–Kier alpha value is -8.53. The largest absolute Gasteiger partial charge is 0.868 e. The summed E-state index contributed by atoms with van der Waals surface area (Å²) in [5.41, 5.74) is -1.75. The van der Waals surface area contributed by atoms with Gasteiger partial charge in [-0.2, -0.15) is 5.10 Å². The molecule has 0 aliphatic carbocycles. The van der Waals surface area contributed by atoms with Gasteiger partial charge in [-0.1, -0.05) is 84.9 Å². The first-order chi connectivity index (χ1) is 52.2. The lowest BCUT2D eigenvalue weighted by Crippen LogP contribution is -2.47. The Balaban J connectivity index is 0.000000551. The molecule has 0 aliphatic rings. The highest BCUT2D eigenvalue weighted by molar-refractivity contribution is 6.75. The molecule has 0 unspecified atom stereocenters. The summed E-state index contributed by atoms with van der Waals surface area (Å²) in [4.78, 5) is 59.6. The zero-order valence-corrected chi connectivity index (χ0v) is 72.2. The van der Waals surface area contributed by atoms with Crippen LogP contribution in [0.15, 0.2) is 61.1 Å². The van der Waals surface area contributed by atoms with Gasteiger partial charge in [0.2, 0.25) is 11.9 Å². The number of hydrogen-bond donors (Lipinski definition) is 4. The number of aromatic nitrogens is 4. The van der Waals surface area contributed by atoms with Crippen molar-refractivity contribution in [1.82, 2.24) is 14.6 Å². The quantitative estimate of drug-likeness (QED) is 0.0101. The standard InChI is InChI=1S/2C24H41N3O4Si.C24H40N2O4Si.C6H4N2O5/c1-22(2,3)30-21(28)25-19-15-18-14-17(26-27(18)16-20(19)29-9)12-13-24(7,8)31-32(10,11)23(4,5)6;1-22(2,3)30-21(28)26-19-16-18(27(25)17-20(19)29-9)14-12-13-15-24(7,8)31-32(10,11)23(4,5)6;1-22(2,3)29-21(27)26-19-16-18(25-17-20(19)28-9)14-12-13-15-24(7,8)30-31(10,11)23(4,5)6;9-6-2-1-4(7(10)11)3-5(6)8(12)13/h14-16H,12-13H2,1-11H3,(H,25,28);16-17H,13,15,25H2,1-11H3;16-17H,13,15H2,1-11H3,(H,25,26,27);1-3,9H/i3*9D3;. The molecule has 0 spiro atoms. The van der Waals surface area contributed by atoms with Gasteiger partial charge in [0.25, 0.3) is 17.1 Å². The van der Waals surface area contributed by atoms with Crippen molar-refractivity contribution in [2.45, 2.75) is 293 Å². The summed E-state index contributed by atoms with van der Waals surface area (Å²) in [6.45, 7) is 61.4. The van der Waals surface area contributed by atoms with Crippen LogP contribution in [0.2, 0.25) is 54.4 Å². The van der Waals surface area contributed by atoms with E-state index in [0.717, 1.165) is 41.8 Å². The van der Waals surface area contributed by atoms with Crippen molar-refractivity contribution >= 4 is 77.2 Å². The molecule has 0 atom stereocenters. The van der Waals surface area contributed by atoms with E-state index in [1.54, 1.807) is 72.9 Å². The molecular weight excluding hydrogens is 1430 g/mol. The van der Waals surface area contributed by atoms with Gasteiger partial charge in [0.1, 0.15) is 28.2 Å².